The van der Waals surface area contributed by atoms with Crippen molar-refractivity contribution < 1.29 is 13.5 Å². The van der Waals surface area contributed by atoms with E-state index < -0.39 is 5.95 Å². The van der Waals surface area contributed by atoms with Gasteiger partial charge in [-0.25, -0.2) is 9.37 Å². The molecule has 1 aliphatic carbocycles. The quantitative estimate of drug-likeness (QED) is 0.438. The molecule has 0 spiro atoms. The van der Waals surface area contributed by atoms with Crippen molar-refractivity contribution in [3.8, 4) is 5.75 Å². The summed E-state index contributed by atoms with van der Waals surface area (Å²) < 4.78 is 34.5. The fourth-order valence-electron chi connectivity index (χ4n) is 4.83. The molecule has 2 fully saturated rings. The topological polar surface area (TPSA) is 25.4 Å². The Kier molecular flexibility index (Phi) is 6.21. The van der Waals surface area contributed by atoms with Crippen LogP contribution in [0.2, 0.25) is 0 Å². The average molecular weight is 443 g/mol. The Balaban J connectivity index is 1.37. The van der Waals surface area contributed by atoms with E-state index in [0.29, 0.717) is 18.4 Å². The van der Waals surface area contributed by atoms with Gasteiger partial charge in [0.1, 0.15) is 5.82 Å². The molecule has 2 aromatic rings. The minimum Gasteiger partial charge on any atom is -0.488 e. The molecule has 2 heterocycles. The maximum Gasteiger partial charge on any atom is 0.255 e. The molecule has 0 bridgehead atoms. The van der Waals surface area contributed by atoms with Crippen LogP contribution in [-0.2, 0) is 5.41 Å². The molecule has 5 heteroatoms. The van der Waals surface area contributed by atoms with Crippen molar-refractivity contribution in [2.75, 3.05) is 24.6 Å². The van der Waals surface area contributed by atoms with Crippen molar-refractivity contribution in [1.82, 2.24) is 4.98 Å². The van der Waals surface area contributed by atoms with Gasteiger partial charge in [-0.05, 0) is 72.3 Å². The Hall–Kier alpha value is -2.17. The zero-order valence-electron chi connectivity index (χ0n) is 20.0. The van der Waals surface area contributed by atoms with Gasteiger partial charge in [0, 0.05) is 24.7 Å². The van der Waals surface area contributed by atoms with Gasteiger partial charge in [0.2, 0.25) is 0 Å². The van der Waals surface area contributed by atoms with Crippen LogP contribution in [0.3, 0.4) is 0 Å². The molecule has 2 aliphatic rings. The van der Waals surface area contributed by atoms with E-state index in [1.165, 1.54) is 5.56 Å². The Bertz CT molecular complexity index is 965. The molecule has 1 aliphatic heterocycles. The average Bonchev–Trinajstić information content (AvgIpc) is 3.12. The number of benzene rings is 1. The highest BCUT2D eigenvalue weighted by molar-refractivity contribution is 5.51. The van der Waals surface area contributed by atoms with Crippen LogP contribution in [-0.4, -0.2) is 24.7 Å². The Morgan fingerprint density at radius 2 is 1.91 bits per heavy atom. The molecule has 0 radical (unpaired) electrons. The highest BCUT2D eigenvalue weighted by Crippen LogP contribution is 2.56. The number of pyridine rings is 1. The van der Waals surface area contributed by atoms with Gasteiger partial charge in [-0.15, -0.1) is 0 Å². The smallest absolute Gasteiger partial charge is 0.255 e. The zero-order valence-corrected chi connectivity index (χ0v) is 20.0. The fraction of sp³-hybridized carbons (Fsp3) is 0.593. The van der Waals surface area contributed by atoms with Gasteiger partial charge < -0.3 is 9.64 Å². The molecule has 32 heavy (non-hydrogen) atoms. The summed E-state index contributed by atoms with van der Waals surface area (Å²) in [7, 11) is 0. The van der Waals surface area contributed by atoms with Gasteiger partial charge in [-0.1, -0.05) is 40.7 Å². The van der Waals surface area contributed by atoms with E-state index in [0.717, 1.165) is 50.0 Å². The van der Waals surface area contributed by atoms with Gasteiger partial charge in [0.25, 0.3) is 5.95 Å². The van der Waals surface area contributed by atoms with E-state index in [1.54, 1.807) is 18.3 Å². The van der Waals surface area contributed by atoms with Crippen LogP contribution in [0.25, 0.3) is 0 Å². The van der Waals surface area contributed by atoms with Gasteiger partial charge in [0.15, 0.2) is 5.75 Å². The third-order valence-corrected chi connectivity index (χ3v) is 7.39. The molecule has 0 N–H and O–H groups in total. The number of anilines is 1. The lowest BCUT2D eigenvalue weighted by atomic mass is 9.88. The van der Waals surface area contributed by atoms with Crippen molar-refractivity contribution in [1.29, 1.82) is 0 Å². The van der Waals surface area contributed by atoms with Crippen LogP contribution < -0.4 is 9.64 Å². The summed E-state index contributed by atoms with van der Waals surface area (Å²) in [5.41, 5.74) is 2.83. The minimum absolute atomic E-state index is 0.0379. The number of halogens is 2. The van der Waals surface area contributed by atoms with Gasteiger partial charge in [-0.3, -0.25) is 0 Å². The summed E-state index contributed by atoms with van der Waals surface area (Å²) in [5, 5.41) is 0. The summed E-state index contributed by atoms with van der Waals surface area (Å²) >= 11 is 0. The van der Waals surface area contributed by atoms with Crippen LogP contribution in [0.4, 0.5) is 14.5 Å². The first-order chi connectivity index (χ1) is 15.1. The number of hydrogen-bond donors (Lipinski definition) is 0. The molecule has 174 valence electrons. The Morgan fingerprint density at radius 3 is 2.59 bits per heavy atom. The Morgan fingerprint density at radius 1 is 1.19 bits per heavy atom. The zero-order chi connectivity index (χ0) is 23.1. The van der Waals surface area contributed by atoms with E-state index in [1.807, 2.05) is 12.1 Å². The molecule has 1 aromatic carbocycles. The summed E-state index contributed by atoms with van der Waals surface area (Å²) in [6.45, 7) is 13.0. The maximum absolute atomic E-state index is 14.4. The lowest BCUT2D eigenvalue weighted by molar-refractivity contribution is 0.219. The normalized spacial score (nSPS) is 24.0. The number of ether oxygens (including phenoxy) is 1. The number of hydrogen-bond acceptors (Lipinski definition) is 3. The Labute approximate surface area is 191 Å². The fourth-order valence-corrected chi connectivity index (χ4v) is 4.83. The van der Waals surface area contributed by atoms with Gasteiger partial charge in [-0.2, -0.15) is 4.39 Å². The molecule has 1 saturated carbocycles. The first-order valence-corrected chi connectivity index (χ1v) is 11.9. The molecule has 0 amide bonds. The van der Waals surface area contributed by atoms with E-state index in [2.05, 4.69) is 44.5 Å². The lowest BCUT2D eigenvalue weighted by Gasteiger charge is -2.22. The second-order valence-corrected chi connectivity index (χ2v) is 11.1. The van der Waals surface area contributed by atoms with Crippen molar-refractivity contribution >= 4 is 5.69 Å². The lowest BCUT2D eigenvalue weighted by Crippen LogP contribution is -2.19. The monoisotopic (exact) mass is 442 g/mol. The van der Waals surface area contributed by atoms with Crippen molar-refractivity contribution in [3.05, 3.63) is 53.4 Å². The summed E-state index contributed by atoms with van der Waals surface area (Å²) in [6, 6.07) is 7.37. The second-order valence-electron chi connectivity index (χ2n) is 11.1. The molecular formula is C27H36F2N2O. The molecule has 3 unspecified atom stereocenters. The number of rotatable bonds is 7. The molecule has 3 atom stereocenters. The van der Waals surface area contributed by atoms with Crippen LogP contribution >= 0.6 is 0 Å². The minimum atomic E-state index is -0.548. The van der Waals surface area contributed by atoms with Gasteiger partial charge >= 0.3 is 0 Å². The van der Waals surface area contributed by atoms with E-state index in [-0.39, 0.29) is 22.4 Å². The van der Waals surface area contributed by atoms with Crippen molar-refractivity contribution in [2.24, 2.45) is 11.3 Å². The highest BCUT2D eigenvalue weighted by atomic mass is 19.1. The van der Waals surface area contributed by atoms with Crippen LogP contribution in [0.1, 0.15) is 77.3 Å². The van der Waals surface area contributed by atoms with E-state index in [9.17, 15) is 8.78 Å². The van der Waals surface area contributed by atoms with Crippen LogP contribution in [0.5, 0.6) is 5.75 Å². The molecule has 4 rings (SSSR count). The molecule has 1 saturated heterocycles. The predicted octanol–water partition coefficient (Wildman–Crippen LogP) is 6.86. The molecule has 3 nitrogen and oxygen atoms in total. The first kappa shape index (κ1) is 23.0. The molecular weight excluding hydrogens is 406 g/mol. The number of aromatic nitrogens is 1. The largest absolute Gasteiger partial charge is 0.488 e. The number of nitrogens with zero attached hydrogens (tertiary/aromatic N) is 2. The third kappa shape index (κ3) is 4.92. The SMILES string of the molecule is CC(CC1CC1(C)COc1cc(C(C)(C)C)cnc1F)c1ccc(F)c(N2CCCC2)c1. The summed E-state index contributed by atoms with van der Waals surface area (Å²) in [5.74, 6) is 0.422. The maximum atomic E-state index is 14.4. The standard InChI is InChI=1S/C27H36F2N2O/c1-18(19-8-9-22(28)23(13-19)31-10-6-7-11-31)12-20-15-27(20,5)17-32-24-14-21(26(2,3)4)16-30-25(24)29/h8-9,13-14,16,18,20H,6-7,10-12,15,17H2,1-5H3. The van der Waals surface area contributed by atoms with Crippen molar-refractivity contribution in [3.63, 3.8) is 0 Å². The molecule has 1 aromatic heterocycles. The van der Waals surface area contributed by atoms with E-state index in [4.69, 9.17) is 4.74 Å². The first-order valence-electron chi connectivity index (χ1n) is 11.9. The summed E-state index contributed by atoms with van der Waals surface area (Å²) in [4.78, 5) is 6.06. The summed E-state index contributed by atoms with van der Waals surface area (Å²) in [6.07, 6.45) is 5.94. The highest BCUT2D eigenvalue weighted by Gasteiger charge is 2.51. The van der Waals surface area contributed by atoms with Crippen LogP contribution in [0, 0.1) is 23.1 Å². The van der Waals surface area contributed by atoms with Gasteiger partial charge in [0.05, 0.1) is 12.3 Å². The predicted molar refractivity (Wildman–Crippen MR) is 125 cm³/mol. The third-order valence-electron chi connectivity index (χ3n) is 7.39. The van der Waals surface area contributed by atoms with Crippen molar-refractivity contribution in [2.45, 2.75) is 71.6 Å². The second kappa shape index (κ2) is 8.64. The van der Waals surface area contributed by atoms with E-state index >= 15 is 0 Å². The van der Waals surface area contributed by atoms with Crippen LogP contribution in [0.15, 0.2) is 30.5 Å².